The minimum absolute atomic E-state index is 0.237. The van der Waals surface area contributed by atoms with Crippen LogP contribution >= 0.6 is 0 Å². The van der Waals surface area contributed by atoms with Crippen molar-refractivity contribution in [2.24, 2.45) is 10.9 Å². The molecule has 0 N–H and O–H groups in total. The minimum Gasteiger partial charge on any atom is -0.479 e. The lowest BCUT2D eigenvalue weighted by Crippen LogP contribution is -2.35. The zero-order chi connectivity index (χ0) is 12.5. The quantitative estimate of drug-likeness (QED) is 0.700. The summed E-state index contributed by atoms with van der Waals surface area (Å²) in [6.45, 7) is 8.44. The van der Waals surface area contributed by atoms with E-state index in [9.17, 15) is 4.79 Å². The van der Waals surface area contributed by atoms with Gasteiger partial charge in [-0.3, -0.25) is 4.99 Å². The van der Waals surface area contributed by atoms with Crippen LogP contribution in [0.4, 0.5) is 4.79 Å². The highest BCUT2D eigenvalue weighted by atomic mass is 16.6. The lowest BCUT2D eigenvalue weighted by atomic mass is 10.1. The number of rotatable bonds is 1. The number of hydrogen-bond donors (Lipinski definition) is 0. The lowest BCUT2D eigenvalue weighted by molar-refractivity contribution is 0.0291. The molecular weight excluding hydrogens is 220 g/mol. The van der Waals surface area contributed by atoms with Gasteiger partial charge in [0.05, 0.1) is 12.5 Å². The Balaban J connectivity index is 1.87. The third kappa shape index (κ3) is 3.11. The van der Waals surface area contributed by atoms with Crippen molar-refractivity contribution in [3.63, 3.8) is 0 Å². The topological polar surface area (TPSA) is 51.1 Å². The molecule has 96 valence electrons. The molecule has 2 aliphatic heterocycles. The molecule has 1 amide bonds. The smallest absolute Gasteiger partial charge is 0.410 e. The molecule has 2 heterocycles. The number of nitrogens with zero attached hydrogens (tertiary/aromatic N) is 2. The number of amides is 1. The fraction of sp³-hybridized carbons (Fsp3) is 0.833. The first-order valence-corrected chi connectivity index (χ1v) is 6.11. The molecule has 2 rings (SSSR count). The first kappa shape index (κ1) is 12.2. The van der Waals surface area contributed by atoms with Gasteiger partial charge in [-0.15, -0.1) is 0 Å². The largest absolute Gasteiger partial charge is 0.479 e. The lowest BCUT2D eigenvalue weighted by Gasteiger charge is -2.24. The zero-order valence-corrected chi connectivity index (χ0v) is 10.7. The van der Waals surface area contributed by atoms with E-state index < -0.39 is 5.60 Å². The van der Waals surface area contributed by atoms with Crippen molar-refractivity contribution >= 4 is 12.0 Å². The SMILES string of the molecule is CC(C)(C)OC(=O)N1CCC(C2=NCCO2)C1. The normalized spacial score (nSPS) is 24.5. The second kappa shape index (κ2) is 4.55. The molecule has 5 heteroatoms. The van der Waals surface area contributed by atoms with Crippen LogP contribution in [-0.4, -0.2) is 48.7 Å². The molecule has 17 heavy (non-hydrogen) atoms. The van der Waals surface area contributed by atoms with E-state index in [1.807, 2.05) is 20.8 Å². The van der Waals surface area contributed by atoms with Crippen LogP contribution in [0.3, 0.4) is 0 Å². The Morgan fingerprint density at radius 3 is 2.88 bits per heavy atom. The summed E-state index contributed by atoms with van der Waals surface area (Å²) in [5.74, 6) is 1.07. The van der Waals surface area contributed by atoms with Crippen LogP contribution in [0.2, 0.25) is 0 Å². The number of carbonyl (C=O) groups is 1. The molecule has 0 radical (unpaired) electrons. The van der Waals surface area contributed by atoms with Crippen LogP contribution in [0.5, 0.6) is 0 Å². The molecule has 1 atom stereocenters. The molecule has 0 bridgehead atoms. The molecule has 2 aliphatic rings. The van der Waals surface area contributed by atoms with E-state index in [1.165, 1.54) is 0 Å². The standard InChI is InChI=1S/C12H20N2O3/c1-12(2,3)17-11(15)14-6-4-9(8-14)10-13-5-7-16-10/h9H,4-8H2,1-3H3. The van der Waals surface area contributed by atoms with Gasteiger partial charge in [0.1, 0.15) is 12.2 Å². The number of ether oxygens (including phenoxy) is 2. The maximum Gasteiger partial charge on any atom is 0.410 e. The van der Waals surface area contributed by atoms with Gasteiger partial charge in [-0.1, -0.05) is 0 Å². The van der Waals surface area contributed by atoms with Gasteiger partial charge in [-0.05, 0) is 27.2 Å². The van der Waals surface area contributed by atoms with Gasteiger partial charge in [-0.2, -0.15) is 0 Å². The average Bonchev–Trinajstić information content (AvgIpc) is 2.86. The van der Waals surface area contributed by atoms with E-state index in [-0.39, 0.29) is 12.0 Å². The van der Waals surface area contributed by atoms with Gasteiger partial charge in [0, 0.05) is 13.1 Å². The summed E-state index contributed by atoms with van der Waals surface area (Å²) in [7, 11) is 0. The van der Waals surface area contributed by atoms with Gasteiger partial charge in [0.25, 0.3) is 0 Å². The van der Waals surface area contributed by atoms with Crippen LogP contribution < -0.4 is 0 Å². The average molecular weight is 240 g/mol. The van der Waals surface area contributed by atoms with Crippen molar-refractivity contribution in [2.75, 3.05) is 26.2 Å². The van der Waals surface area contributed by atoms with Crippen LogP contribution in [0.15, 0.2) is 4.99 Å². The first-order valence-electron chi connectivity index (χ1n) is 6.11. The molecule has 0 aliphatic carbocycles. The number of hydrogen-bond acceptors (Lipinski definition) is 4. The Bertz CT molecular complexity index is 333. The first-order chi connectivity index (χ1) is 7.96. The maximum atomic E-state index is 11.8. The Morgan fingerprint density at radius 1 is 1.53 bits per heavy atom. The summed E-state index contributed by atoms with van der Waals surface area (Å²) in [5.41, 5.74) is -0.434. The monoisotopic (exact) mass is 240 g/mol. The summed E-state index contributed by atoms with van der Waals surface area (Å²) in [4.78, 5) is 17.9. The third-order valence-corrected chi connectivity index (χ3v) is 2.80. The second-order valence-corrected chi connectivity index (χ2v) is 5.48. The summed E-state index contributed by atoms with van der Waals surface area (Å²) < 4.78 is 10.8. The van der Waals surface area contributed by atoms with Crippen molar-refractivity contribution in [3.05, 3.63) is 0 Å². The summed E-state index contributed by atoms with van der Waals surface area (Å²) >= 11 is 0. The Hall–Kier alpha value is -1.26. The molecule has 0 saturated carbocycles. The van der Waals surface area contributed by atoms with Crippen molar-refractivity contribution in [1.82, 2.24) is 4.90 Å². The predicted octanol–water partition coefficient (Wildman–Crippen LogP) is 1.67. The summed E-state index contributed by atoms with van der Waals surface area (Å²) in [5, 5.41) is 0. The molecule has 1 saturated heterocycles. The predicted molar refractivity (Wildman–Crippen MR) is 64.2 cm³/mol. The summed E-state index contributed by atoms with van der Waals surface area (Å²) in [6.07, 6.45) is 0.677. The number of aliphatic imine (C=N–C) groups is 1. The van der Waals surface area contributed by atoms with Gasteiger partial charge in [-0.25, -0.2) is 4.79 Å². The Morgan fingerprint density at radius 2 is 2.29 bits per heavy atom. The molecule has 0 spiro atoms. The van der Waals surface area contributed by atoms with E-state index >= 15 is 0 Å². The van der Waals surface area contributed by atoms with Gasteiger partial charge in [0.15, 0.2) is 5.90 Å². The van der Waals surface area contributed by atoms with Crippen LogP contribution in [0.25, 0.3) is 0 Å². The number of likely N-dealkylation sites (tertiary alicyclic amines) is 1. The molecule has 1 fully saturated rings. The fourth-order valence-electron chi connectivity index (χ4n) is 2.05. The zero-order valence-electron chi connectivity index (χ0n) is 10.7. The fourth-order valence-corrected chi connectivity index (χ4v) is 2.05. The Kier molecular flexibility index (Phi) is 3.26. The van der Waals surface area contributed by atoms with Gasteiger partial charge >= 0.3 is 6.09 Å². The molecule has 5 nitrogen and oxygen atoms in total. The maximum absolute atomic E-state index is 11.8. The van der Waals surface area contributed by atoms with Crippen molar-refractivity contribution in [1.29, 1.82) is 0 Å². The second-order valence-electron chi connectivity index (χ2n) is 5.48. The van der Waals surface area contributed by atoms with Crippen LogP contribution in [0, 0.1) is 5.92 Å². The van der Waals surface area contributed by atoms with Gasteiger partial charge < -0.3 is 14.4 Å². The molecule has 1 unspecified atom stereocenters. The Labute approximate surface area is 102 Å². The van der Waals surface area contributed by atoms with Crippen LogP contribution in [0.1, 0.15) is 27.2 Å². The van der Waals surface area contributed by atoms with Crippen molar-refractivity contribution in [3.8, 4) is 0 Å². The minimum atomic E-state index is -0.434. The molecule has 0 aromatic rings. The molecule has 0 aromatic carbocycles. The van der Waals surface area contributed by atoms with Crippen molar-refractivity contribution in [2.45, 2.75) is 32.8 Å². The highest BCUT2D eigenvalue weighted by Gasteiger charge is 2.33. The number of carbonyl (C=O) groups excluding carboxylic acids is 1. The van der Waals surface area contributed by atoms with E-state index in [2.05, 4.69) is 4.99 Å². The highest BCUT2D eigenvalue weighted by Crippen LogP contribution is 2.22. The molecular formula is C12H20N2O3. The van der Waals surface area contributed by atoms with E-state index in [0.29, 0.717) is 13.2 Å². The van der Waals surface area contributed by atoms with Crippen molar-refractivity contribution < 1.29 is 14.3 Å². The van der Waals surface area contributed by atoms with E-state index in [4.69, 9.17) is 9.47 Å². The van der Waals surface area contributed by atoms with E-state index in [0.717, 1.165) is 25.4 Å². The highest BCUT2D eigenvalue weighted by molar-refractivity contribution is 5.81. The van der Waals surface area contributed by atoms with E-state index in [1.54, 1.807) is 4.90 Å². The van der Waals surface area contributed by atoms with Gasteiger partial charge in [0.2, 0.25) is 0 Å². The summed E-state index contributed by atoms with van der Waals surface area (Å²) in [6, 6.07) is 0. The van der Waals surface area contributed by atoms with Crippen LogP contribution in [-0.2, 0) is 9.47 Å². The molecule has 0 aromatic heterocycles. The third-order valence-electron chi connectivity index (χ3n) is 2.80.